The first-order valence-electron chi connectivity index (χ1n) is 7.01. The van der Waals surface area contributed by atoms with Crippen LogP contribution in [0.3, 0.4) is 0 Å². The van der Waals surface area contributed by atoms with E-state index in [0.29, 0.717) is 31.4 Å². The van der Waals surface area contributed by atoms with Gasteiger partial charge in [0.05, 0.1) is 6.61 Å². The molecule has 0 bridgehead atoms. The Kier molecular flexibility index (Phi) is 5.59. The molecule has 0 aromatic heterocycles. The van der Waals surface area contributed by atoms with Gasteiger partial charge in [0.2, 0.25) is 0 Å². The minimum Gasteiger partial charge on any atom is -0.368 e. The van der Waals surface area contributed by atoms with E-state index in [0.717, 1.165) is 19.4 Å². The van der Waals surface area contributed by atoms with Crippen molar-refractivity contribution in [3.8, 4) is 12.3 Å². The monoisotopic (exact) mass is 290 g/mol. The van der Waals surface area contributed by atoms with E-state index in [9.17, 15) is 9.18 Å². The van der Waals surface area contributed by atoms with Crippen LogP contribution in [-0.4, -0.2) is 37.2 Å². The van der Waals surface area contributed by atoms with Crippen LogP contribution in [-0.2, 0) is 4.74 Å². The lowest BCUT2D eigenvalue weighted by atomic mass is 9.99. The van der Waals surface area contributed by atoms with E-state index in [2.05, 4.69) is 11.2 Å². The third kappa shape index (κ3) is 4.76. The maximum absolute atomic E-state index is 12.8. The highest BCUT2D eigenvalue weighted by Crippen LogP contribution is 2.18. The zero-order valence-electron chi connectivity index (χ0n) is 11.8. The second-order valence-electron chi connectivity index (χ2n) is 5.11. The van der Waals surface area contributed by atoms with E-state index in [1.54, 1.807) is 17.0 Å². The van der Waals surface area contributed by atoms with Gasteiger partial charge in [-0.05, 0) is 37.1 Å². The van der Waals surface area contributed by atoms with Gasteiger partial charge >= 0.3 is 6.03 Å². The number of carbonyl (C=O) groups excluding carboxylic acids is 1. The van der Waals surface area contributed by atoms with Crippen molar-refractivity contribution >= 4 is 11.7 Å². The number of amides is 2. The summed E-state index contributed by atoms with van der Waals surface area (Å²) in [6.45, 7) is 2.25. The number of hydrogen-bond acceptors (Lipinski definition) is 2. The van der Waals surface area contributed by atoms with Crippen molar-refractivity contribution < 1.29 is 13.9 Å². The van der Waals surface area contributed by atoms with E-state index >= 15 is 0 Å². The Morgan fingerprint density at radius 3 is 2.95 bits per heavy atom. The van der Waals surface area contributed by atoms with Crippen molar-refractivity contribution in [1.82, 2.24) is 4.90 Å². The molecule has 1 heterocycles. The molecule has 5 heteroatoms. The first kappa shape index (κ1) is 15.3. The number of nitrogens with one attached hydrogen (secondary N) is 1. The number of rotatable bonds is 4. The van der Waals surface area contributed by atoms with Gasteiger partial charge in [-0.2, -0.15) is 0 Å². The fourth-order valence-electron chi connectivity index (χ4n) is 2.41. The summed E-state index contributed by atoms with van der Waals surface area (Å²) in [5, 5.41) is 2.77. The molecule has 21 heavy (non-hydrogen) atoms. The Labute approximate surface area is 124 Å². The van der Waals surface area contributed by atoms with Crippen molar-refractivity contribution in [2.45, 2.75) is 12.8 Å². The van der Waals surface area contributed by atoms with Gasteiger partial charge in [0, 0.05) is 24.7 Å². The molecule has 1 N–H and O–H groups in total. The van der Waals surface area contributed by atoms with Crippen molar-refractivity contribution in [2.75, 3.05) is 31.6 Å². The van der Waals surface area contributed by atoms with Crippen LogP contribution >= 0.6 is 0 Å². The van der Waals surface area contributed by atoms with Gasteiger partial charge in [-0.1, -0.05) is 5.92 Å². The molecule has 0 radical (unpaired) electrons. The molecule has 1 fully saturated rings. The molecule has 1 saturated heterocycles. The van der Waals surface area contributed by atoms with Crippen LogP contribution in [0.2, 0.25) is 0 Å². The fraction of sp³-hybridized carbons (Fsp3) is 0.438. The number of likely N-dealkylation sites (tertiary alicyclic amines) is 1. The molecule has 4 nitrogen and oxygen atoms in total. The molecule has 0 aliphatic carbocycles. The Bertz CT molecular complexity index is 510. The standard InChI is InChI=1S/C16H19FN2O2/c1-2-10-21-12-13-4-3-9-19(11-13)16(20)18-15-7-5-14(17)6-8-15/h1,5-8,13H,3-4,9-12H2,(H,18,20). The molecule has 1 aliphatic rings. The molecule has 112 valence electrons. The molecule has 0 spiro atoms. The molecule has 1 aromatic carbocycles. The summed E-state index contributed by atoms with van der Waals surface area (Å²) in [5.41, 5.74) is 0.590. The zero-order valence-corrected chi connectivity index (χ0v) is 11.8. The number of terminal acetylenes is 1. The number of halogens is 1. The number of urea groups is 1. The topological polar surface area (TPSA) is 41.6 Å². The van der Waals surface area contributed by atoms with Crippen LogP contribution in [0.25, 0.3) is 0 Å². The van der Waals surface area contributed by atoms with Crippen LogP contribution in [0.1, 0.15) is 12.8 Å². The highest BCUT2D eigenvalue weighted by atomic mass is 19.1. The van der Waals surface area contributed by atoms with E-state index in [4.69, 9.17) is 11.2 Å². The largest absolute Gasteiger partial charge is 0.368 e. The molecule has 0 saturated carbocycles. The Morgan fingerprint density at radius 2 is 2.24 bits per heavy atom. The molecular formula is C16H19FN2O2. The average Bonchev–Trinajstić information content (AvgIpc) is 2.50. The van der Waals surface area contributed by atoms with E-state index in [1.807, 2.05) is 0 Å². The van der Waals surface area contributed by atoms with Crippen LogP contribution in [0.5, 0.6) is 0 Å². The molecule has 2 rings (SSSR count). The van der Waals surface area contributed by atoms with Crippen molar-refractivity contribution in [2.24, 2.45) is 5.92 Å². The molecule has 1 aromatic rings. The maximum Gasteiger partial charge on any atom is 0.321 e. The Morgan fingerprint density at radius 1 is 1.48 bits per heavy atom. The van der Waals surface area contributed by atoms with Gasteiger partial charge in [-0.15, -0.1) is 6.42 Å². The highest BCUT2D eigenvalue weighted by Gasteiger charge is 2.23. The third-order valence-corrected chi connectivity index (χ3v) is 3.44. The predicted octanol–water partition coefficient (Wildman–Crippen LogP) is 2.72. The number of nitrogens with zero attached hydrogens (tertiary/aromatic N) is 1. The van der Waals surface area contributed by atoms with Gasteiger partial charge in [0.1, 0.15) is 12.4 Å². The Balaban J connectivity index is 1.84. The van der Waals surface area contributed by atoms with Crippen molar-refractivity contribution in [1.29, 1.82) is 0 Å². The summed E-state index contributed by atoms with van der Waals surface area (Å²) < 4.78 is 18.2. The number of piperidine rings is 1. The number of carbonyl (C=O) groups is 1. The minimum atomic E-state index is -0.323. The summed E-state index contributed by atoms with van der Waals surface area (Å²) >= 11 is 0. The first-order chi connectivity index (χ1) is 10.2. The molecule has 1 atom stereocenters. The normalized spacial score (nSPS) is 18.1. The summed E-state index contributed by atoms with van der Waals surface area (Å²) in [6, 6.07) is 5.57. The average molecular weight is 290 g/mol. The molecule has 1 unspecified atom stereocenters. The number of hydrogen-bond donors (Lipinski definition) is 1. The SMILES string of the molecule is C#CCOCC1CCCN(C(=O)Nc2ccc(F)cc2)C1. The van der Waals surface area contributed by atoms with Crippen molar-refractivity contribution in [3.63, 3.8) is 0 Å². The van der Waals surface area contributed by atoms with Crippen LogP contribution in [0.15, 0.2) is 24.3 Å². The van der Waals surface area contributed by atoms with Gasteiger partial charge < -0.3 is 15.0 Å². The summed E-state index contributed by atoms with van der Waals surface area (Å²) in [7, 11) is 0. The smallest absolute Gasteiger partial charge is 0.321 e. The molecule has 2 amide bonds. The molecule has 1 aliphatic heterocycles. The fourth-order valence-corrected chi connectivity index (χ4v) is 2.41. The zero-order chi connectivity index (χ0) is 15.1. The predicted molar refractivity (Wildman–Crippen MR) is 79.4 cm³/mol. The highest BCUT2D eigenvalue weighted by molar-refractivity contribution is 5.89. The summed E-state index contributed by atoms with van der Waals surface area (Å²) in [4.78, 5) is 13.9. The summed E-state index contributed by atoms with van der Waals surface area (Å²) in [5.74, 6) is 2.42. The van der Waals surface area contributed by atoms with Crippen LogP contribution in [0.4, 0.5) is 14.9 Å². The van der Waals surface area contributed by atoms with Crippen LogP contribution < -0.4 is 5.32 Å². The maximum atomic E-state index is 12.8. The van der Waals surface area contributed by atoms with E-state index < -0.39 is 0 Å². The van der Waals surface area contributed by atoms with E-state index in [1.165, 1.54) is 12.1 Å². The number of ether oxygens (including phenoxy) is 1. The van der Waals surface area contributed by atoms with Gasteiger partial charge in [0.25, 0.3) is 0 Å². The van der Waals surface area contributed by atoms with Crippen molar-refractivity contribution in [3.05, 3.63) is 30.1 Å². The third-order valence-electron chi connectivity index (χ3n) is 3.44. The lowest BCUT2D eigenvalue weighted by Gasteiger charge is -2.32. The second kappa shape index (κ2) is 7.65. The van der Waals surface area contributed by atoms with Crippen LogP contribution in [0, 0.1) is 24.1 Å². The quantitative estimate of drug-likeness (QED) is 0.684. The van der Waals surface area contributed by atoms with Gasteiger partial charge in [-0.25, -0.2) is 9.18 Å². The van der Waals surface area contributed by atoms with Gasteiger partial charge in [0.15, 0.2) is 0 Å². The number of benzene rings is 1. The lowest BCUT2D eigenvalue weighted by Crippen LogP contribution is -2.43. The number of anilines is 1. The molecular weight excluding hydrogens is 271 g/mol. The minimum absolute atomic E-state index is 0.164. The summed E-state index contributed by atoms with van der Waals surface area (Å²) in [6.07, 6.45) is 7.12. The lowest BCUT2D eigenvalue weighted by molar-refractivity contribution is 0.0883. The Hall–Kier alpha value is -2.06. The van der Waals surface area contributed by atoms with E-state index in [-0.39, 0.29) is 11.8 Å². The first-order valence-corrected chi connectivity index (χ1v) is 7.01. The van der Waals surface area contributed by atoms with Gasteiger partial charge in [-0.3, -0.25) is 0 Å². The second-order valence-corrected chi connectivity index (χ2v) is 5.11.